The molecule has 0 spiro atoms. The molecule has 3 nitrogen and oxygen atoms in total. The van der Waals surface area contributed by atoms with Crippen LogP contribution in [0.5, 0.6) is 0 Å². The van der Waals surface area contributed by atoms with Crippen molar-refractivity contribution in [2.45, 2.75) is 51.4 Å². The summed E-state index contributed by atoms with van der Waals surface area (Å²) in [5, 5.41) is 0. The van der Waals surface area contributed by atoms with Crippen LogP contribution in [-0.4, -0.2) is 22.1 Å². The van der Waals surface area contributed by atoms with E-state index in [0.717, 1.165) is 17.7 Å². The molecule has 1 aliphatic rings. The van der Waals surface area contributed by atoms with Gasteiger partial charge in [-0.25, -0.2) is 0 Å². The van der Waals surface area contributed by atoms with Crippen LogP contribution in [0.4, 0.5) is 5.69 Å². The van der Waals surface area contributed by atoms with E-state index >= 15 is 0 Å². The zero-order valence-corrected chi connectivity index (χ0v) is 14.8. The first-order valence-corrected chi connectivity index (χ1v) is 8.12. The summed E-state index contributed by atoms with van der Waals surface area (Å²) in [6.07, 6.45) is 0.803. The normalized spacial score (nSPS) is 18.0. The zero-order valence-electron chi connectivity index (χ0n) is 13.2. The number of amides is 1. The molecule has 0 saturated heterocycles. The highest BCUT2D eigenvalue weighted by Gasteiger charge is 2.33. The molecule has 1 aromatic rings. The van der Waals surface area contributed by atoms with Crippen molar-refractivity contribution < 1.29 is 9.59 Å². The van der Waals surface area contributed by atoms with Crippen LogP contribution >= 0.6 is 15.9 Å². The average Bonchev–Trinajstić information content (AvgIpc) is 2.70. The Hall–Kier alpha value is -1.16. The van der Waals surface area contributed by atoms with Gasteiger partial charge in [0.15, 0.2) is 5.78 Å². The highest BCUT2D eigenvalue weighted by molar-refractivity contribution is 9.10. The second-order valence-corrected chi connectivity index (χ2v) is 8.54. The lowest BCUT2D eigenvalue weighted by molar-refractivity contribution is -0.121. The number of nitrogens with zero attached hydrogens (tertiary/aromatic N) is 1. The third-order valence-corrected chi connectivity index (χ3v) is 4.19. The van der Waals surface area contributed by atoms with Gasteiger partial charge in [0.25, 0.3) is 0 Å². The van der Waals surface area contributed by atoms with Crippen LogP contribution in [0.3, 0.4) is 0 Å². The minimum Gasteiger partial charge on any atom is -0.309 e. The average molecular weight is 352 g/mol. The number of carbonyl (C=O) groups excluding carboxylic acids is 2. The largest absolute Gasteiger partial charge is 0.309 e. The smallest absolute Gasteiger partial charge is 0.229 e. The SMILES string of the molecule is CC(C)C(=O)N1c2ccc(C(=O)C(C)(C)Br)cc2CC1C. The molecule has 1 amide bonds. The third-order valence-electron chi connectivity index (χ3n) is 3.83. The minimum atomic E-state index is -0.571. The quantitative estimate of drug-likeness (QED) is 0.610. The minimum absolute atomic E-state index is 0.0267. The van der Waals surface area contributed by atoms with E-state index in [1.165, 1.54) is 0 Å². The number of alkyl halides is 1. The maximum atomic E-state index is 12.3. The van der Waals surface area contributed by atoms with Crippen molar-refractivity contribution in [3.05, 3.63) is 29.3 Å². The van der Waals surface area contributed by atoms with E-state index in [4.69, 9.17) is 0 Å². The Morgan fingerprint density at radius 1 is 1.33 bits per heavy atom. The van der Waals surface area contributed by atoms with Crippen molar-refractivity contribution in [2.75, 3.05) is 4.90 Å². The third kappa shape index (κ3) is 3.05. The molecule has 0 bridgehead atoms. The maximum absolute atomic E-state index is 12.3. The van der Waals surface area contributed by atoms with Gasteiger partial charge in [0.1, 0.15) is 0 Å². The van der Waals surface area contributed by atoms with E-state index in [-0.39, 0.29) is 23.7 Å². The molecule has 0 saturated carbocycles. The molecular formula is C17H22BrNO2. The Morgan fingerprint density at radius 2 is 1.95 bits per heavy atom. The van der Waals surface area contributed by atoms with Crippen molar-refractivity contribution in [3.63, 3.8) is 0 Å². The van der Waals surface area contributed by atoms with E-state index in [1.54, 1.807) is 0 Å². The zero-order chi connectivity index (χ0) is 15.9. The number of anilines is 1. The lowest BCUT2D eigenvalue weighted by atomic mass is 9.98. The highest BCUT2D eigenvalue weighted by atomic mass is 79.9. The number of carbonyl (C=O) groups is 2. The maximum Gasteiger partial charge on any atom is 0.229 e. The summed E-state index contributed by atoms with van der Waals surface area (Å²) in [4.78, 5) is 26.6. The van der Waals surface area contributed by atoms with E-state index in [1.807, 2.05) is 50.8 Å². The van der Waals surface area contributed by atoms with Gasteiger partial charge in [-0.2, -0.15) is 0 Å². The standard InChI is InChI=1S/C17H22BrNO2/c1-10(2)16(21)19-11(3)8-13-9-12(6-7-14(13)19)15(20)17(4,5)18/h6-7,9-11H,8H2,1-5H3. The summed E-state index contributed by atoms with van der Waals surface area (Å²) in [6.45, 7) is 9.58. The van der Waals surface area contributed by atoms with Crippen LogP contribution in [0.1, 0.15) is 50.5 Å². The monoisotopic (exact) mass is 351 g/mol. The fourth-order valence-electron chi connectivity index (χ4n) is 2.73. The summed E-state index contributed by atoms with van der Waals surface area (Å²) in [5.74, 6) is 0.175. The molecule has 0 fully saturated rings. The number of hydrogen-bond acceptors (Lipinski definition) is 2. The molecule has 0 N–H and O–H groups in total. The lowest BCUT2D eigenvalue weighted by Gasteiger charge is -2.24. The highest BCUT2D eigenvalue weighted by Crippen LogP contribution is 2.35. The van der Waals surface area contributed by atoms with Gasteiger partial charge in [0, 0.05) is 23.2 Å². The number of ketones is 1. The first-order chi connectivity index (χ1) is 9.62. The summed E-state index contributed by atoms with van der Waals surface area (Å²) in [6, 6.07) is 5.82. The van der Waals surface area contributed by atoms with Crippen LogP contribution in [0, 0.1) is 5.92 Å². The van der Waals surface area contributed by atoms with Gasteiger partial charge in [-0.3, -0.25) is 9.59 Å². The first kappa shape index (κ1) is 16.2. The van der Waals surface area contributed by atoms with Gasteiger partial charge >= 0.3 is 0 Å². The Balaban J connectivity index is 2.39. The number of rotatable bonds is 3. The second-order valence-electron chi connectivity index (χ2n) is 6.56. The lowest BCUT2D eigenvalue weighted by Crippen LogP contribution is -2.38. The number of halogens is 1. The van der Waals surface area contributed by atoms with Gasteiger partial charge < -0.3 is 4.90 Å². The molecule has 114 valence electrons. The van der Waals surface area contributed by atoms with Crippen LogP contribution < -0.4 is 4.90 Å². The molecule has 1 unspecified atom stereocenters. The summed E-state index contributed by atoms with van der Waals surface area (Å²) in [5.41, 5.74) is 2.73. The van der Waals surface area contributed by atoms with Gasteiger partial charge in [0.2, 0.25) is 5.91 Å². The molecule has 1 aromatic carbocycles. The Bertz CT molecular complexity index is 587. The fraction of sp³-hybridized carbons (Fsp3) is 0.529. The molecule has 1 aliphatic heterocycles. The van der Waals surface area contributed by atoms with Gasteiger partial charge in [0.05, 0.1) is 4.32 Å². The van der Waals surface area contributed by atoms with Crippen LogP contribution in [0.2, 0.25) is 0 Å². The number of fused-ring (bicyclic) bond motifs is 1. The van der Waals surface area contributed by atoms with Crippen molar-refractivity contribution >= 4 is 33.3 Å². The Labute approximate surface area is 134 Å². The van der Waals surface area contributed by atoms with E-state index in [2.05, 4.69) is 22.9 Å². The first-order valence-electron chi connectivity index (χ1n) is 7.32. The number of hydrogen-bond donors (Lipinski definition) is 0. The molecule has 2 rings (SSSR count). The topological polar surface area (TPSA) is 37.4 Å². The van der Waals surface area contributed by atoms with Gasteiger partial charge in [-0.15, -0.1) is 0 Å². The van der Waals surface area contributed by atoms with Crippen molar-refractivity contribution in [2.24, 2.45) is 5.92 Å². The van der Waals surface area contributed by atoms with Gasteiger partial charge in [-0.05, 0) is 51.0 Å². The fourth-order valence-corrected chi connectivity index (χ4v) is 2.96. The molecular weight excluding hydrogens is 330 g/mol. The molecule has 0 radical (unpaired) electrons. The molecule has 1 heterocycles. The Kier molecular flexibility index (Phi) is 4.29. The van der Waals surface area contributed by atoms with Crippen LogP contribution in [0.25, 0.3) is 0 Å². The number of Topliss-reactive ketones (excluding diaryl/α,β-unsaturated/α-hetero) is 1. The van der Waals surface area contributed by atoms with Crippen LogP contribution in [0.15, 0.2) is 18.2 Å². The van der Waals surface area contributed by atoms with Crippen molar-refractivity contribution in [3.8, 4) is 0 Å². The predicted octanol–water partition coefficient (Wildman–Crippen LogP) is 3.98. The van der Waals surface area contributed by atoms with Crippen molar-refractivity contribution in [1.29, 1.82) is 0 Å². The van der Waals surface area contributed by atoms with E-state index < -0.39 is 4.32 Å². The summed E-state index contributed by atoms with van der Waals surface area (Å²) >= 11 is 3.41. The molecule has 0 aromatic heterocycles. The van der Waals surface area contributed by atoms with E-state index in [9.17, 15) is 9.59 Å². The number of benzene rings is 1. The van der Waals surface area contributed by atoms with Crippen LogP contribution in [-0.2, 0) is 11.2 Å². The molecule has 0 aliphatic carbocycles. The van der Waals surface area contributed by atoms with Crippen molar-refractivity contribution in [1.82, 2.24) is 0 Å². The summed E-state index contributed by atoms with van der Waals surface area (Å²) < 4.78 is -0.571. The van der Waals surface area contributed by atoms with Gasteiger partial charge in [-0.1, -0.05) is 29.8 Å². The summed E-state index contributed by atoms with van der Waals surface area (Å²) in [7, 11) is 0. The molecule has 4 heteroatoms. The Morgan fingerprint density at radius 3 is 2.48 bits per heavy atom. The predicted molar refractivity (Wildman–Crippen MR) is 89.3 cm³/mol. The molecule has 1 atom stereocenters. The van der Waals surface area contributed by atoms with E-state index in [0.29, 0.717) is 5.56 Å². The molecule has 21 heavy (non-hydrogen) atoms. The second kappa shape index (κ2) is 5.56.